The quantitative estimate of drug-likeness (QED) is 0.657. The van der Waals surface area contributed by atoms with E-state index in [9.17, 15) is 4.79 Å². The Balaban J connectivity index is 2.45. The molecule has 0 unspecified atom stereocenters. The molecular formula is C7H8N3O. The van der Waals surface area contributed by atoms with Crippen LogP contribution in [0, 0.1) is 0 Å². The van der Waals surface area contributed by atoms with Crippen molar-refractivity contribution < 1.29 is 4.79 Å². The first-order chi connectivity index (χ1) is 5.29. The first-order valence-corrected chi connectivity index (χ1v) is 3.15. The zero-order chi connectivity index (χ0) is 8.10. The van der Waals surface area contributed by atoms with Crippen molar-refractivity contribution >= 4 is 6.03 Å². The topological polar surface area (TPSA) is 70.1 Å². The van der Waals surface area contributed by atoms with Crippen LogP contribution in [-0.2, 0) is 6.54 Å². The summed E-state index contributed by atoms with van der Waals surface area (Å²) in [5, 5.41) is 3.51. The van der Waals surface area contributed by atoms with E-state index in [-0.39, 0.29) is 0 Å². The first kappa shape index (κ1) is 7.53. The van der Waals surface area contributed by atoms with Crippen LogP contribution >= 0.6 is 0 Å². The molecule has 4 nitrogen and oxygen atoms in total. The average molecular weight is 150 g/mol. The summed E-state index contributed by atoms with van der Waals surface area (Å²) in [6.07, 6.45) is 3.29. The van der Waals surface area contributed by atoms with Crippen molar-refractivity contribution in [3.05, 3.63) is 30.1 Å². The highest BCUT2D eigenvalue weighted by atomic mass is 16.2. The zero-order valence-electron chi connectivity index (χ0n) is 5.90. The Morgan fingerprint density at radius 3 is 2.73 bits per heavy atom. The van der Waals surface area contributed by atoms with Gasteiger partial charge in [-0.3, -0.25) is 4.98 Å². The van der Waals surface area contributed by atoms with Gasteiger partial charge in [-0.15, -0.1) is 0 Å². The molecule has 1 aromatic heterocycles. The van der Waals surface area contributed by atoms with E-state index in [1.54, 1.807) is 24.5 Å². The summed E-state index contributed by atoms with van der Waals surface area (Å²) in [5.74, 6) is 0. The number of carbonyl (C=O) groups is 1. The van der Waals surface area contributed by atoms with Gasteiger partial charge in [0, 0.05) is 12.4 Å². The molecule has 0 bridgehead atoms. The van der Waals surface area contributed by atoms with Crippen molar-refractivity contribution in [1.82, 2.24) is 10.3 Å². The minimum atomic E-state index is -0.637. The molecule has 1 rings (SSSR count). The standard InChI is InChI=1S/C7H8N3O/c8-7(11)10-5-6-1-3-9-4-2-6/h1-4H,5H2,(H2,8,11). The monoisotopic (exact) mass is 150 g/mol. The molecule has 2 amide bonds. The predicted molar refractivity (Wildman–Crippen MR) is 39.7 cm³/mol. The van der Waals surface area contributed by atoms with Crippen molar-refractivity contribution in [3.8, 4) is 0 Å². The maximum atomic E-state index is 10.2. The molecule has 0 atom stereocenters. The second kappa shape index (κ2) is 3.55. The van der Waals surface area contributed by atoms with Crippen LogP contribution in [0.1, 0.15) is 5.56 Å². The summed E-state index contributed by atoms with van der Waals surface area (Å²) in [4.78, 5) is 14.0. The average Bonchev–Trinajstić information content (AvgIpc) is 2.03. The Bertz CT molecular complexity index is 235. The molecule has 0 spiro atoms. The van der Waals surface area contributed by atoms with Crippen LogP contribution in [0.5, 0.6) is 0 Å². The normalized spacial score (nSPS) is 9.09. The summed E-state index contributed by atoms with van der Waals surface area (Å²) in [7, 11) is 0. The van der Waals surface area contributed by atoms with Gasteiger partial charge in [-0.2, -0.15) is 0 Å². The number of amides is 2. The highest BCUT2D eigenvalue weighted by Crippen LogP contribution is 1.94. The predicted octanol–water partition coefficient (Wildman–Crippen LogP) is 0.265. The highest BCUT2D eigenvalue weighted by Gasteiger charge is 1.94. The van der Waals surface area contributed by atoms with E-state index in [4.69, 9.17) is 5.73 Å². The summed E-state index contributed by atoms with van der Waals surface area (Å²) in [5.41, 5.74) is 5.75. The maximum absolute atomic E-state index is 10.2. The first-order valence-electron chi connectivity index (χ1n) is 3.15. The van der Waals surface area contributed by atoms with Crippen LogP contribution in [-0.4, -0.2) is 11.0 Å². The Morgan fingerprint density at radius 2 is 2.18 bits per heavy atom. The Kier molecular flexibility index (Phi) is 2.43. The second-order valence-electron chi connectivity index (χ2n) is 2.01. The van der Waals surface area contributed by atoms with Crippen LogP contribution in [0.15, 0.2) is 24.5 Å². The van der Waals surface area contributed by atoms with E-state index in [1.165, 1.54) is 0 Å². The highest BCUT2D eigenvalue weighted by molar-refractivity contribution is 5.71. The molecule has 4 heteroatoms. The van der Waals surface area contributed by atoms with Gasteiger partial charge in [0.05, 0.1) is 6.54 Å². The van der Waals surface area contributed by atoms with E-state index >= 15 is 0 Å². The fourth-order valence-corrected chi connectivity index (χ4v) is 0.657. The molecule has 0 saturated carbocycles. The fraction of sp³-hybridized carbons (Fsp3) is 0.143. The van der Waals surface area contributed by atoms with Gasteiger partial charge in [-0.05, 0) is 17.7 Å². The summed E-state index contributed by atoms with van der Waals surface area (Å²) < 4.78 is 0. The van der Waals surface area contributed by atoms with E-state index < -0.39 is 6.03 Å². The molecule has 57 valence electrons. The molecule has 1 radical (unpaired) electrons. The van der Waals surface area contributed by atoms with Gasteiger partial charge >= 0.3 is 6.03 Å². The third-order valence-corrected chi connectivity index (χ3v) is 1.17. The molecule has 0 saturated heterocycles. The van der Waals surface area contributed by atoms with Crippen molar-refractivity contribution in [2.45, 2.75) is 6.54 Å². The van der Waals surface area contributed by atoms with Gasteiger partial charge in [0.25, 0.3) is 0 Å². The molecule has 2 N–H and O–H groups in total. The minimum absolute atomic E-state index is 0.331. The summed E-state index contributed by atoms with van der Waals surface area (Å²) in [6, 6.07) is 2.93. The van der Waals surface area contributed by atoms with Crippen molar-refractivity contribution in [2.24, 2.45) is 5.73 Å². The van der Waals surface area contributed by atoms with Gasteiger partial charge in [0.1, 0.15) is 0 Å². The SMILES string of the molecule is NC(=O)[N]Cc1ccncc1. The lowest BCUT2D eigenvalue weighted by Crippen LogP contribution is -2.21. The van der Waals surface area contributed by atoms with Crippen molar-refractivity contribution in [1.29, 1.82) is 0 Å². The number of hydrogen-bond donors (Lipinski definition) is 1. The Hall–Kier alpha value is -1.58. The van der Waals surface area contributed by atoms with Crippen LogP contribution in [0.4, 0.5) is 4.79 Å². The number of pyridine rings is 1. The molecule has 0 aliphatic carbocycles. The Labute approximate surface area is 64.4 Å². The van der Waals surface area contributed by atoms with Gasteiger partial charge in [0.15, 0.2) is 0 Å². The second-order valence-corrected chi connectivity index (χ2v) is 2.01. The fourth-order valence-electron chi connectivity index (χ4n) is 0.657. The largest absolute Gasteiger partial charge is 0.350 e. The van der Waals surface area contributed by atoms with E-state index in [1.807, 2.05) is 0 Å². The van der Waals surface area contributed by atoms with Crippen LogP contribution in [0.3, 0.4) is 0 Å². The third-order valence-electron chi connectivity index (χ3n) is 1.17. The molecule has 11 heavy (non-hydrogen) atoms. The molecule has 0 aliphatic heterocycles. The number of carbonyl (C=O) groups excluding carboxylic acids is 1. The molecule has 0 aromatic carbocycles. The maximum Gasteiger partial charge on any atom is 0.334 e. The van der Waals surface area contributed by atoms with Crippen LogP contribution in [0.25, 0.3) is 0 Å². The number of urea groups is 1. The van der Waals surface area contributed by atoms with Gasteiger partial charge in [-0.25, -0.2) is 10.1 Å². The van der Waals surface area contributed by atoms with E-state index in [0.717, 1.165) is 5.56 Å². The number of aromatic nitrogens is 1. The van der Waals surface area contributed by atoms with Crippen molar-refractivity contribution in [2.75, 3.05) is 0 Å². The molecule has 0 aliphatic rings. The number of nitrogens with zero attached hydrogens (tertiary/aromatic N) is 2. The van der Waals surface area contributed by atoms with Crippen LogP contribution < -0.4 is 11.1 Å². The lowest BCUT2D eigenvalue weighted by atomic mass is 10.3. The Morgan fingerprint density at radius 1 is 1.55 bits per heavy atom. The smallest absolute Gasteiger partial charge is 0.334 e. The number of nitrogens with two attached hydrogens (primary N) is 1. The zero-order valence-corrected chi connectivity index (χ0v) is 5.90. The summed E-state index contributed by atoms with van der Waals surface area (Å²) in [6.45, 7) is 0.331. The van der Waals surface area contributed by atoms with Gasteiger partial charge < -0.3 is 5.73 Å². The molecular weight excluding hydrogens is 142 g/mol. The minimum Gasteiger partial charge on any atom is -0.350 e. The summed E-state index contributed by atoms with van der Waals surface area (Å²) >= 11 is 0. The van der Waals surface area contributed by atoms with Gasteiger partial charge in [0.2, 0.25) is 0 Å². The van der Waals surface area contributed by atoms with E-state index in [0.29, 0.717) is 6.54 Å². The molecule has 0 fully saturated rings. The lowest BCUT2D eigenvalue weighted by molar-refractivity contribution is 0.248. The molecule has 1 aromatic rings. The van der Waals surface area contributed by atoms with Crippen LogP contribution in [0.2, 0.25) is 0 Å². The third kappa shape index (κ3) is 2.66. The number of primary amides is 1. The lowest BCUT2D eigenvalue weighted by Gasteiger charge is -1.96. The number of rotatable bonds is 2. The van der Waals surface area contributed by atoms with Crippen molar-refractivity contribution in [3.63, 3.8) is 0 Å². The van der Waals surface area contributed by atoms with Gasteiger partial charge in [-0.1, -0.05) is 0 Å². The number of hydrogen-bond acceptors (Lipinski definition) is 2. The molecule has 1 heterocycles. The van der Waals surface area contributed by atoms with E-state index in [2.05, 4.69) is 10.3 Å².